The van der Waals surface area contributed by atoms with E-state index in [1.54, 1.807) is 0 Å². The smallest absolute Gasteiger partial charge is 0.225 e. The highest BCUT2D eigenvalue weighted by Gasteiger charge is 2.06. The molecule has 0 aliphatic carbocycles. The molecule has 1 amide bonds. The molecule has 2 aromatic rings. The Hall–Kier alpha value is -1.55. The van der Waals surface area contributed by atoms with E-state index in [0.29, 0.717) is 12.3 Å². The van der Waals surface area contributed by atoms with Crippen molar-refractivity contribution in [1.29, 1.82) is 0 Å². The van der Waals surface area contributed by atoms with Crippen LogP contribution in [-0.2, 0) is 11.8 Å². The molecule has 4 nitrogen and oxygen atoms in total. The molecule has 0 bridgehead atoms. The number of nitrogens with zero attached hydrogens (tertiary/aromatic N) is 2. The summed E-state index contributed by atoms with van der Waals surface area (Å²) < 4.78 is 2.01. The average molecular weight is 252 g/mol. The summed E-state index contributed by atoms with van der Waals surface area (Å²) in [5.41, 5.74) is 2.69. The van der Waals surface area contributed by atoms with Crippen LogP contribution in [0.3, 0.4) is 0 Å². The van der Waals surface area contributed by atoms with E-state index in [2.05, 4.69) is 10.3 Å². The maximum absolute atomic E-state index is 11.4. The lowest BCUT2D eigenvalue weighted by atomic mass is 10.2. The lowest BCUT2D eigenvalue weighted by molar-refractivity contribution is -0.115. The van der Waals surface area contributed by atoms with Crippen molar-refractivity contribution in [2.45, 2.75) is 13.3 Å². The molecule has 0 fully saturated rings. The molecule has 0 atom stereocenters. The van der Waals surface area contributed by atoms with E-state index in [9.17, 15) is 4.79 Å². The predicted molar refractivity (Wildman–Crippen MR) is 69.4 cm³/mol. The number of imidazole rings is 1. The number of hydrogen-bond acceptors (Lipinski definition) is 2. The van der Waals surface area contributed by atoms with Gasteiger partial charge in [0.15, 0.2) is 0 Å². The van der Waals surface area contributed by atoms with Crippen molar-refractivity contribution in [1.82, 2.24) is 9.55 Å². The van der Waals surface area contributed by atoms with Crippen LogP contribution in [0.4, 0.5) is 5.69 Å². The van der Waals surface area contributed by atoms with Gasteiger partial charge in [-0.1, -0.05) is 0 Å². The molecule has 0 aliphatic heterocycles. The number of nitrogens with one attached hydrogen (secondary N) is 1. The van der Waals surface area contributed by atoms with Gasteiger partial charge in [-0.3, -0.25) is 4.79 Å². The SMILES string of the molecule is Cc1nc2cc(NC(=O)CCCl)ccc2n1C. The van der Waals surface area contributed by atoms with Gasteiger partial charge in [-0.15, -0.1) is 11.6 Å². The van der Waals surface area contributed by atoms with Gasteiger partial charge in [0.25, 0.3) is 0 Å². The molecule has 1 aromatic heterocycles. The van der Waals surface area contributed by atoms with Crippen molar-refractivity contribution in [2.24, 2.45) is 7.05 Å². The zero-order valence-electron chi connectivity index (χ0n) is 9.83. The first-order chi connectivity index (χ1) is 8.11. The van der Waals surface area contributed by atoms with Crippen LogP contribution >= 0.6 is 11.6 Å². The first-order valence-electron chi connectivity index (χ1n) is 5.40. The number of anilines is 1. The summed E-state index contributed by atoms with van der Waals surface area (Å²) in [4.78, 5) is 15.8. The first kappa shape index (κ1) is 11.9. The highest BCUT2D eigenvalue weighted by Crippen LogP contribution is 2.19. The number of benzene rings is 1. The molecule has 0 unspecified atom stereocenters. The van der Waals surface area contributed by atoms with Crippen LogP contribution in [0.25, 0.3) is 11.0 Å². The number of alkyl halides is 1. The van der Waals surface area contributed by atoms with Crippen LogP contribution in [0.15, 0.2) is 18.2 Å². The standard InChI is InChI=1S/C12H14ClN3O/c1-8-14-10-7-9(15-12(17)5-6-13)3-4-11(10)16(8)2/h3-4,7H,5-6H2,1-2H3,(H,15,17). The summed E-state index contributed by atoms with van der Waals surface area (Å²) in [6.07, 6.45) is 0.320. The second kappa shape index (κ2) is 4.75. The summed E-state index contributed by atoms with van der Waals surface area (Å²) >= 11 is 5.51. The Morgan fingerprint density at radius 1 is 1.53 bits per heavy atom. The number of aromatic nitrogens is 2. The largest absolute Gasteiger partial charge is 0.331 e. The third kappa shape index (κ3) is 2.42. The van der Waals surface area contributed by atoms with Crippen LogP contribution in [-0.4, -0.2) is 21.3 Å². The Balaban J connectivity index is 2.29. The second-order valence-corrected chi connectivity index (χ2v) is 4.29. The lowest BCUT2D eigenvalue weighted by Crippen LogP contribution is -2.11. The second-order valence-electron chi connectivity index (χ2n) is 3.91. The normalized spacial score (nSPS) is 10.8. The average Bonchev–Trinajstić information content (AvgIpc) is 2.55. The maximum atomic E-state index is 11.4. The molecule has 0 saturated heterocycles. The van der Waals surface area contributed by atoms with Crippen LogP contribution in [0.2, 0.25) is 0 Å². The third-order valence-electron chi connectivity index (χ3n) is 2.71. The predicted octanol–water partition coefficient (Wildman–Crippen LogP) is 2.45. The van der Waals surface area contributed by atoms with Crippen molar-refractivity contribution < 1.29 is 4.79 Å². The van der Waals surface area contributed by atoms with Gasteiger partial charge in [0.2, 0.25) is 5.91 Å². The Labute approximate surface area is 105 Å². The van der Waals surface area contributed by atoms with Gasteiger partial charge in [0.05, 0.1) is 11.0 Å². The van der Waals surface area contributed by atoms with Crippen LogP contribution < -0.4 is 5.32 Å². The third-order valence-corrected chi connectivity index (χ3v) is 2.90. The van der Waals surface area contributed by atoms with Crippen molar-refractivity contribution in [2.75, 3.05) is 11.2 Å². The Morgan fingerprint density at radius 3 is 3.00 bits per heavy atom. The quantitative estimate of drug-likeness (QED) is 0.852. The maximum Gasteiger partial charge on any atom is 0.225 e. The van der Waals surface area contributed by atoms with Gasteiger partial charge in [0, 0.05) is 25.0 Å². The number of hydrogen-bond donors (Lipinski definition) is 1. The van der Waals surface area contributed by atoms with E-state index in [0.717, 1.165) is 22.5 Å². The molecule has 0 spiro atoms. The van der Waals surface area contributed by atoms with Crippen LogP contribution in [0.1, 0.15) is 12.2 Å². The van der Waals surface area contributed by atoms with E-state index in [-0.39, 0.29) is 5.91 Å². The fourth-order valence-corrected chi connectivity index (χ4v) is 1.88. The van der Waals surface area contributed by atoms with E-state index in [4.69, 9.17) is 11.6 Å². The molecule has 0 saturated carbocycles. The number of aryl methyl sites for hydroxylation is 2. The molecular weight excluding hydrogens is 238 g/mol. The number of carbonyl (C=O) groups is 1. The summed E-state index contributed by atoms with van der Waals surface area (Å²) in [7, 11) is 1.97. The number of carbonyl (C=O) groups excluding carboxylic acids is 1. The number of amides is 1. The van der Waals surface area contributed by atoms with Crippen LogP contribution in [0.5, 0.6) is 0 Å². The van der Waals surface area contributed by atoms with Crippen molar-refractivity contribution in [3.05, 3.63) is 24.0 Å². The molecule has 1 N–H and O–H groups in total. The van der Waals surface area contributed by atoms with Gasteiger partial charge in [-0.05, 0) is 25.1 Å². The molecule has 0 radical (unpaired) electrons. The van der Waals surface area contributed by atoms with Gasteiger partial charge in [-0.2, -0.15) is 0 Å². The number of halogens is 1. The van der Waals surface area contributed by atoms with E-state index >= 15 is 0 Å². The van der Waals surface area contributed by atoms with Gasteiger partial charge < -0.3 is 9.88 Å². The zero-order chi connectivity index (χ0) is 12.4. The number of fused-ring (bicyclic) bond motifs is 1. The summed E-state index contributed by atoms with van der Waals surface area (Å²) in [6, 6.07) is 5.69. The van der Waals surface area contributed by atoms with Gasteiger partial charge in [-0.25, -0.2) is 4.98 Å². The van der Waals surface area contributed by atoms with E-state index in [1.165, 1.54) is 0 Å². The van der Waals surface area contributed by atoms with Gasteiger partial charge >= 0.3 is 0 Å². The van der Waals surface area contributed by atoms with E-state index in [1.807, 2.05) is 36.7 Å². The fraction of sp³-hybridized carbons (Fsp3) is 0.333. The molecule has 1 aromatic carbocycles. The Morgan fingerprint density at radius 2 is 2.29 bits per heavy atom. The Kier molecular flexibility index (Phi) is 3.33. The zero-order valence-corrected chi connectivity index (χ0v) is 10.6. The summed E-state index contributed by atoms with van der Waals surface area (Å²) in [5.74, 6) is 1.20. The Bertz CT molecular complexity index is 562. The van der Waals surface area contributed by atoms with E-state index < -0.39 is 0 Å². The summed E-state index contributed by atoms with van der Waals surface area (Å²) in [6.45, 7) is 1.95. The lowest BCUT2D eigenvalue weighted by Gasteiger charge is -2.03. The van der Waals surface area contributed by atoms with Crippen molar-refractivity contribution in [3.63, 3.8) is 0 Å². The number of rotatable bonds is 3. The minimum atomic E-state index is -0.0768. The molecule has 5 heteroatoms. The summed E-state index contributed by atoms with van der Waals surface area (Å²) in [5, 5.41) is 2.79. The van der Waals surface area contributed by atoms with Crippen molar-refractivity contribution >= 4 is 34.2 Å². The fourth-order valence-electron chi connectivity index (χ4n) is 1.71. The minimum Gasteiger partial charge on any atom is -0.331 e. The first-order valence-corrected chi connectivity index (χ1v) is 5.94. The minimum absolute atomic E-state index is 0.0768. The monoisotopic (exact) mass is 251 g/mol. The highest BCUT2D eigenvalue weighted by molar-refractivity contribution is 6.19. The highest BCUT2D eigenvalue weighted by atomic mass is 35.5. The molecule has 1 heterocycles. The van der Waals surface area contributed by atoms with Gasteiger partial charge in [0.1, 0.15) is 5.82 Å². The van der Waals surface area contributed by atoms with Crippen LogP contribution in [0, 0.1) is 6.92 Å². The molecule has 17 heavy (non-hydrogen) atoms. The molecular formula is C12H14ClN3O. The van der Waals surface area contributed by atoms with Crippen molar-refractivity contribution in [3.8, 4) is 0 Å². The molecule has 0 aliphatic rings. The molecule has 90 valence electrons. The topological polar surface area (TPSA) is 46.9 Å². The molecule has 2 rings (SSSR count).